The molecule has 23 heavy (non-hydrogen) atoms. The maximum atomic E-state index is 11.5. The molecule has 3 rings (SSSR count). The van der Waals surface area contributed by atoms with E-state index in [0.29, 0.717) is 17.4 Å². The first-order chi connectivity index (χ1) is 10.9. The van der Waals surface area contributed by atoms with Gasteiger partial charge in [0.15, 0.2) is 9.84 Å². The van der Waals surface area contributed by atoms with Gasteiger partial charge in [0.25, 0.3) is 5.78 Å². The normalized spacial score (nSPS) is 11.8. The average molecular weight is 332 g/mol. The molecule has 0 fully saturated rings. The monoisotopic (exact) mass is 332 g/mol. The molecule has 0 radical (unpaired) electrons. The first kappa shape index (κ1) is 15.4. The molecule has 2 heterocycles. The summed E-state index contributed by atoms with van der Waals surface area (Å²) in [7, 11) is -3.23. The molecule has 0 aliphatic carbocycles. The van der Waals surface area contributed by atoms with Crippen LogP contribution in [-0.2, 0) is 16.3 Å². The third kappa shape index (κ3) is 2.89. The number of ether oxygens (including phenoxy) is 1. The lowest BCUT2D eigenvalue weighted by Crippen LogP contribution is -2.05. The van der Waals surface area contributed by atoms with E-state index in [4.69, 9.17) is 4.74 Å². The summed E-state index contributed by atoms with van der Waals surface area (Å²) in [6.45, 7) is 3.90. The number of aromatic nitrogens is 4. The highest BCUT2D eigenvalue weighted by Crippen LogP contribution is 2.28. The molecule has 0 saturated heterocycles. The number of fused-ring (bicyclic) bond motifs is 1. The van der Waals surface area contributed by atoms with Gasteiger partial charge in [0.05, 0.1) is 4.90 Å². The Kier molecular flexibility index (Phi) is 3.77. The van der Waals surface area contributed by atoms with Gasteiger partial charge < -0.3 is 4.74 Å². The van der Waals surface area contributed by atoms with Crippen LogP contribution in [0, 0.1) is 6.92 Å². The van der Waals surface area contributed by atoms with Gasteiger partial charge in [0.2, 0.25) is 5.88 Å². The number of sulfone groups is 1. The number of nitrogens with zero attached hydrogens (tertiary/aromatic N) is 4. The number of aryl methyl sites for hydroxylation is 1. The van der Waals surface area contributed by atoms with Gasteiger partial charge in [-0.3, -0.25) is 0 Å². The minimum Gasteiger partial charge on any atom is -0.439 e. The van der Waals surface area contributed by atoms with Crippen molar-refractivity contribution in [3.8, 4) is 11.6 Å². The Bertz CT molecular complexity index is 962. The fourth-order valence-corrected chi connectivity index (χ4v) is 2.96. The van der Waals surface area contributed by atoms with Crippen LogP contribution in [0.4, 0.5) is 0 Å². The molecule has 0 bridgehead atoms. The molecule has 120 valence electrons. The zero-order valence-electron chi connectivity index (χ0n) is 13.0. The Morgan fingerprint density at radius 3 is 2.52 bits per heavy atom. The van der Waals surface area contributed by atoms with Crippen molar-refractivity contribution in [3.63, 3.8) is 0 Å². The third-order valence-electron chi connectivity index (χ3n) is 3.50. The summed E-state index contributed by atoms with van der Waals surface area (Å²) in [5, 5.41) is 4.14. The van der Waals surface area contributed by atoms with Crippen molar-refractivity contribution in [2.75, 3.05) is 6.26 Å². The van der Waals surface area contributed by atoms with Gasteiger partial charge in [-0.05, 0) is 37.6 Å². The molecule has 0 saturated carbocycles. The molecule has 0 aliphatic rings. The Hall–Kier alpha value is -2.48. The predicted octanol–water partition coefficient (Wildman–Crippen LogP) is 2.19. The highest BCUT2D eigenvalue weighted by molar-refractivity contribution is 7.90. The summed E-state index contributed by atoms with van der Waals surface area (Å²) >= 11 is 0. The summed E-state index contributed by atoms with van der Waals surface area (Å²) < 4.78 is 30.5. The molecule has 0 aliphatic heterocycles. The van der Waals surface area contributed by atoms with E-state index in [1.807, 2.05) is 13.8 Å². The molecule has 0 atom stereocenters. The molecule has 7 nitrogen and oxygen atoms in total. The molecule has 3 aromatic rings. The van der Waals surface area contributed by atoms with Gasteiger partial charge in [0, 0.05) is 17.5 Å². The summed E-state index contributed by atoms with van der Waals surface area (Å²) in [4.78, 5) is 8.72. The van der Waals surface area contributed by atoms with Crippen LogP contribution in [0.3, 0.4) is 0 Å². The van der Waals surface area contributed by atoms with Crippen molar-refractivity contribution in [2.24, 2.45) is 0 Å². The molecule has 0 unspecified atom stereocenters. The lowest BCUT2D eigenvalue weighted by atomic mass is 10.2. The van der Waals surface area contributed by atoms with Crippen molar-refractivity contribution < 1.29 is 13.2 Å². The molecule has 8 heteroatoms. The van der Waals surface area contributed by atoms with Crippen LogP contribution >= 0.6 is 0 Å². The lowest BCUT2D eigenvalue weighted by Gasteiger charge is -2.13. The second-order valence-corrected chi connectivity index (χ2v) is 7.17. The minimum absolute atomic E-state index is 0.248. The van der Waals surface area contributed by atoms with Crippen LogP contribution in [0.15, 0.2) is 35.5 Å². The fourth-order valence-electron chi connectivity index (χ4n) is 2.33. The van der Waals surface area contributed by atoms with E-state index in [1.165, 1.54) is 29.2 Å². The SMILES string of the molecule is CCc1c(C)nc2ncnn2c1Oc1ccc(S(C)(=O)=O)cc1. The molecular weight excluding hydrogens is 316 g/mol. The Morgan fingerprint density at radius 2 is 1.91 bits per heavy atom. The Morgan fingerprint density at radius 1 is 1.22 bits per heavy atom. The molecule has 0 N–H and O–H groups in total. The lowest BCUT2D eigenvalue weighted by molar-refractivity contribution is 0.438. The summed E-state index contributed by atoms with van der Waals surface area (Å²) in [5.74, 6) is 1.52. The van der Waals surface area contributed by atoms with Crippen LogP contribution in [0.5, 0.6) is 11.6 Å². The van der Waals surface area contributed by atoms with Crippen LogP contribution < -0.4 is 4.74 Å². The summed E-state index contributed by atoms with van der Waals surface area (Å²) in [5.41, 5.74) is 1.76. The van der Waals surface area contributed by atoms with E-state index < -0.39 is 9.84 Å². The van der Waals surface area contributed by atoms with Gasteiger partial charge >= 0.3 is 0 Å². The third-order valence-corrected chi connectivity index (χ3v) is 4.63. The predicted molar refractivity (Wildman–Crippen MR) is 84.5 cm³/mol. The molecule has 0 amide bonds. The highest BCUT2D eigenvalue weighted by Gasteiger charge is 2.15. The van der Waals surface area contributed by atoms with Gasteiger partial charge in [-0.15, -0.1) is 0 Å². The van der Waals surface area contributed by atoms with E-state index >= 15 is 0 Å². The van der Waals surface area contributed by atoms with Gasteiger partial charge in [-0.25, -0.2) is 13.4 Å². The number of benzene rings is 1. The number of rotatable bonds is 4. The molecule has 1 aromatic carbocycles. The second-order valence-electron chi connectivity index (χ2n) is 5.15. The van der Waals surface area contributed by atoms with Crippen LogP contribution in [-0.4, -0.2) is 34.3 Å². The quantitative estimate of drug-likeness (QED) is 0.728. The zero-order valence-corrected chi connectivity index (χ0v) is 13.8. The van der Waals surface area contributed by atoms with E-state index in [0.717, 1.165) is 17.7 Å². The first-order valence-electron chi connectivity index (χ1n) is 7.07. The van der Waals surface area contributed by atoms with Crippen molar-refractivity contribution in [1.29, 1.82) is 0 Å². The first-order valence-corrected chi connectivity index (χ1v) is 8.96. The van der Waals surface area contributed by atoms with Crippen molar-refractivity contribution in [3.05, 3.63) is 41.9 Å². The maximum Gasteiger partial charge on any atom is 0.255 e. The maximum absolute atomic E-state index is 11.5. The van der Waals surface area contributed by atoms with Crippen LogP contribution in [0.2, 0.25) is 0 Å². The van der Waals surface area contributed by atoms with Gasteiger partial charge in [0.1, 0.15) is 12.1 Å². The van der Waals surface area contributed by atoms with Crippen molar-refractivity contribution in [1.82, 2.24) is 19.6 Å². The highest BCUT2D eigenvalue weighted by atomic mass is 32.2. The largest absolute Gasteiger partial charge is 0.439 e. The molecule has 2 aromatic heterocycles. The van der Waals surface area contributed by atoms with E-state index in [2.05, 4.69) is 15.1 Å². The van der Waals surface area contributed by atoms with Crippen molar-refractivity contribution >= 4 is 15.6 Å². The smallest absolute Gasteiger partial charge is 0.255 e. The van der Waals surface area contributed by atoms with Gasteiger partial charge in [-0.1, -0.05) is 6.92 Å². The van der Waals surface area contributed by atoms with Gasteiger partial charge in [-0.2, -0.15) is 14.6 Å². The topological polar surface area (TPSA) is 86.4 Å². The van der Waals surface area contributed by atoms with E-state index in [-0.39, 0.29) is 4.90 Å². The fraction of sp³-hybridized carbons (Fsp3) is 0.267. The Labute approximate surface area is 133 Å². The number of hydrogen-bond donors (Lipinski definition) is 0. The number of hydrogen-bond acceptors (Lipinski definition) is 6. The molecular formula is C15H16N4O3S. The standard InChI is InChI=1S/C15H16N4O3S/c1-4-13-10(2)18-15-16-9-17-19(15)14(13)22-11-5-7-12(8-6-11)23(3,20)21/h5-9H,4H2,1-3H3. The average Bonchev–Trinajstić information content (AvgIpc) is 2.95. The minimum atomic E-state index is -3.23. The van der Waals surface area contributed by atoms with Crippen LogP contribution in [0.25, 0.3) is 5.78 Å². The zero-order chi connectivity index (χ0) is 16.6. The second kappa shape index (κ2) is 5.62. The molecule has 0 spiro atoms. The van der Waals surface area contributed by atoms with Crippen molar-refractivity contribution in [2.45, 2.75) is 25.2 Å². The summed E-state index contributed by atoms with van der Waals surface area (Å²) in [6.07, 6.45) is 3.31. The van der Waals surface area contributed by atoms with Crippen LogP contribution in [0.1, 0.15) is 18.2 Å². The Balaban J connectivity index is 2.06. The van der Waals surface area contributed by atoms with E-state index in [1.54, 1.807) is 12.1 Å². The summed E-state index contributed by atoms with van der Waals surface area (Å²) in [6, 6.07) is 6.27. The van der Waals surface area contributed by atoms with E-state index in [9.17, 15) is 8.42 Å².